The van der Waals surface area contributed by atoms with E-state index in [4.69, 9.17) is 0 Å². The molecular formula is C11H18N2O2. The largest absolute Gasteiger partial charge is 0.389 e. The minimum atomic E-state index is -0.876. The molecular weight excluding hydrogens is 192 g/mol. The quantitative estimate of drug-likeness (QED) is 0.779. The van der Waals surface area contributed by atoms with Crippen LogP contribution in [0.15, 0.2) is 18.3 Å². The molecule has 4 nitrogen and oxygen atoms in total. The number of rotatable bonds is 4. The highest BCUT2D eigenvalue weighted by atomic mass is 16.3. The first-order valence-electron chi connectivity index (χ1n) is 5.10. The summed E-state index contributed by atoms with van der Waals surface area (Å²) in [5.41, 5.74) is -0.249. The third kappa shape index (κ3) is 3.40. The molecule has 4 heteroatoms. The van der Waals surface area contributed by atoms with Crippen molar-refractivity contribution in [2.75, 3.05) is 6.54 Å². The molecule has 1 aromatic rings. The van der Waals surface area contributed by atoms with Crippen molar-refractivity contribution in [3.05, 3.63) is 24.0 Å². The van der Waals surface area contributed by atoms with Crippen LogP contribution in [-0.2, 0) is 6.54 Å². The first kappa shape index (κ1) is 11.8. The van der Waals surface area contributed by atoms with E-state index in [1.54, 1.807) is 19.9 Å². The number of nitrogens with zero attached hydrogens (tertiary/aromatic N) is 1. The maximum atomic E-state index is 11.7. The lowest BCUT2D eigenvalue weighted by atomic mass is 10.1. The van der Waals surface area contributed by atoms with Crippen molar-refractivity contribution in [2.45, 2.75) is 32.9 Å². The Bertz CT molecular complexity index is 337. The van der Waals surface area contributed by atoms with E-state index in [2.05, 4.69) is 5.32 Å². The van der Waals surface area contributed by atoms with Crippen LogP contribution >= 0.6 is 0 Å². The van der Waals surface area contributed by atoms with Crippen molar-refractivity contribution in [1.82, 2.24) is 9.88 Å². The van der Waals surface area contributed by atoms with Gasteiger partial charge in [-0.15, -0.1) is 0 Å². The Kier molecular flexibility index (Phi) is 3.52. The first-order chi connectivity index (χ1) is 6.94. The van der Waals surface area contributed by atoms with E-state index in [-0.39, 0.29) is 12.5 Å². The zero-order valence-electron chi connectivity index (χ0n) is 9.45. The van der Waals surface area contributed by atoms with Gasteiger partial charge in [0.05, 0.1) is 5.60 Å². The van der Waals surface area contributed by atoms with Gasteiger partial charge < -0.3 is 15.0 Å². The van der Waals surface area contributed by atoms with E-state index in [9.17, 15) is 9.90 Å². The van der Waals surface area contributed by atoms with Gasteiger partial charge in [-0.3, -0.25) is 4.79 Å². The Hall–Kier alpha value is -1.29. The second-order valence-corrected chi connectivity index (χ2v) is 4.17. The average Bonchev–Trinajstić information content (AvgIpc) is 2.60. The van der Waals surface area contributed by atoms with Gasteiger partial charge in [0, 0.05) is 19.3 Å². The molecule has 0 atom stereocenters. The molecule has 0 fully saturated rings. The second kappa shape index (κ2) is 4.49. The Balaban J connectivity index is 2.62. The van der Waals surface area contributed by atoms with E-state index in [1.807, 2.05) is 23.8 Å². The highest BCUT2D eigenvalue weighted by Crippen LogP contribution is 2.03. The van der Waals surface area contributed by atoms with Gasteiger partial charge in [-0.25, -0.2) is 0 Å². The summed E-state index contributed by atoms with van der Waals surface area (Å²) in [5.74, 6) is -0.149. The van der Waals surface area contributed by atoms with Gasteiger partial charge in [-0.1, -0.05) is 0 Å². The summed E-state index contributed by atoms with van der Waals surface area (Å²) in [4.78, 5) is 11.7. The number of hydrogen-bond donors (Lipinski definition) is 2. The molecule has 0 aliphatic rings. The van der Waals surface area contributed by atoms with Crippen LogP contribution in [0.4, 0.5) is 0 Å². The van der Waals surface area contributed by atoms with Crippen molar-refractivity contribution >= 4 is 5.91 Å². The lowest BCUT2D eigenvalue weighted by Crippen LogP contribution is -2.38. The van der Waals surface area contributed by atoms with Gasteiger partial charge >= 0.3 is 0 Å². The zero-order chi connectivity index (χ0) is 11.5. The normalized spacial score (nSPS) is 11.5. The van der Waals surface area contributed by atoms with E-state index >= 15 is 0 Å². The standard InChI is InChI=1S/C11H18N2O2/c1-4-13-7-5-6-9(13)10(14)12-8-11(2,3)15/h5-7,15H,4,8H2,1-3H3,(H,12,14). The molecule has 1 heterocycles. The summed E-state index contributed by atoms with van der Waals surface area (Å²) < 4.78 is 1.86. The third-order valence-corrected chi connectivity index (χ3v) is 2.08. The van der Waals surface area contributed by atoms with Gasteiger partial charge in [0.1, 0.15) is 5.69 Å². The average molecular weight is 210 g/mol. The predicted molar refractivity (Wildman–Crippen MR) is 58.7 cm³/mol. The number of nitrogens with one attached hydrogen (secondary N) is 1. The Morgan fingerprint density at radius 1 is 1.60 bits per heavy atom. The minimum absolute atomic E-state index is 0.149. The maximum absolute atomic E-state index is 11.7. The van der Waals surface area contributed by atoms with Crippen LogP contribution in [0.3, 0.4) is 0 Å². The monoisotopic (exact) mass is 210 g/mol. The summed E-state index contributed by atoms with van der Waals surface area (Å²) in [6.07, 6.45) is 1.86. The van der Waals surface area contributed by atoms with Crippen LogP contribution in [0.25, 0.3) is 0 Å². The lowest BCUT2D eigenvalue weighted by molar-refractivity contribution is 0.0690. The van der Waals surface area contributed by atoms with E-state index < -0.39 is 5.60 Å². The molecule has 0 unspecified atom stereocenters. The van der Waals surface area contributed by atoms with Crippen LogP contribution < -0.4 is 5.32 Å². The second-order valence-electron chi connectivity index (χ2n) is 4.17. The van der Waals surface area contributed by atoms with Crippen molar-refractivity contribution in [2.24, 2.45) is 0 Å². The summed E-state index contributed by atoms with van der Waals surface area (Å²) >= 11 is 0. The third-order valence-electron chi connectivity index (χ3n) is 2.08. The zero-order valence-corrected chi connectivity index (χ0v) is 9.45. The van der Waals surface area contributed by atoms with E-state index in [1.165, 1.54) is 0 Å². The molecule has 2 N–H and O–H groups in total. The molecule has 0 aliphatic heterocycles. The van der Waals surface area contributed by atoms with Gasteiger partial charge in [-0.2, -0.15) is 0 Å². The molecule has 0 aromatic carbocycles. The molecule has 84 valence electrons. The molecule has 0 spiro atoms. The van der Waals surface area contributed by atoms with Crippen LogP contribution in [0.5, 0.6) is 0 Å². The first-order valence-corrected chi connectivity index (χ1v) is 5.10. The lowest BCUT2D eigenvalue weighted by Gasteiger charge is -2.17. The highest BCUT2D eigenvalue weighted by molar-refractivity contribution is 5.92. The van der Waals surface area contributed by atoms with Crippen molar-refractivity contribution in [3.63, 3.8) is 0 Å². The van der Waals surface area contributed by atoms with E-state index in [0.29, 0.717) is 5.69 Å². The fraction of sp³-hybridized carbons (Fsp3) is 0.545. The highest BCUT2D eigenvalue weighted by Gasteiger charge is 2.16. The summed E-state index contributed by atoms with van der Waals surface area (Å²) in [6, 6.07) is 3.60. The molecule has 0 bridgehead atoms. The van der Waals surface area contributed by atoms with Gasteiger partial charge in [0.25, 0.3) is 5.91 Å². The molecule has 0 radical (unpaired) electrons. The summed E-state index contributed by atoms with van der Waals surface area (Å²) in [5, 5.41) is 12.2. The Morgan fingerprint density at radius 2 is 2.27 bits per heavy atom. The maximum Gasteiger partial charge on any atom is 0.268 e. The van der Waals surface area contributed by atoms with Crippen molar-refractivity contribution in [3.8, 4) is 0 Å². The number of aromatic nitrogens is 1. The van der Waals surface area contributed by atoms with Crippen LogP contribution in [0.1, 0.15) is 31.3 Å². The number of hydrogen-bond acceptors (Lipinski definition) is 2. The van der Waals surface area contributed by atoms with Crippen LogP contribution in [-0.4, -0.2) is 27.7 Å². The number of aliphatic hydroxyl groups is 1. The topological polar surface area (TPSA) is 54.3 Å². The molecule has 0 saturated carbocycles. The molecule has 1 amide bonds. The number of carbonyl (C=O) groups excluding carboxylic acids is 1. The Labute approximate surface area is 89.9 Å². The fourth-order valence-corrected chi connectivity index (χ4v) is 1.28. The van der Waals surface area contributed by atoms with Crippen molar-refractivity contribution < 1.29 is 9.90 Å². The summed E-state index contributed by atoms with van der Waals surface area (Å²) in [7, 11) is 0. The Morgan fingerprint density at radius 3 is 2.80 bits per heavy atom. The predicted octanol–water partition coefficient (Wildman–Crippen LogP) is 1.01. The number of carbonyl (C=O) groups is 1. The van der Waals surface area contributed by atoms with Gasteiger partial charge in [0.15, 0.2) is 0 Å². The van der Waals surface area contributed by atoms with E-state index in [0.717, 1.165) is 6.54 Å². The molecule has 15 heavy (non-hydrogen) atoms. The summed E-state index contributed by atoms with van der Waals surface area (Å²) in [6.45, 7) is 6.31. The minimum Gasteiger partial charge on any atom is -0.389 e. The van der Waals surface area contributed by atoms with Gasteiger partial charge in [-0.05, 0) is 32.9 Å². The molecule has 0 aliphatic carbocycles. The molecule has 0 saturated heterocycles. The number of amides is 1. The molecule has 1 rings (SSSR count). The fourth-order valence-electron chi connectivity index (χ4n) is 1.28. The number of aryl methyl sites for hydroxylation is 1. The van der Waals surface area contributed by atoms with Gasteiger partial charge in [0.2, 0.25) is 0 Å². The van der Waals surface area contributed by atoms with Crippen LogP contribution in [0, 0.1) is 0 Å². The SMILES string of the molecule is CCn1cccc1C(=O)NCC(C)(C)O. The molecule has 1 aromatic heterocycles. The smallest absolute Gasteiger partial charge is 0.268 e. The van der Waals surface area contributed by atoms with Crippen molar-refractivity contribution in [1.29, 1.82) is 0 Å². The van der Waals surface area contributed by atoms with Crippen LogP contribution in [0.2, 0.25) is 0 Å².